The average molecular weight is 849 g/mol. The number of rotatable bonds is 3. The molecule has 11 aromatic carbocycles. The van der Waals surface area contributed by atoms with E-state index in [1.54, 1.807) is 0 Å². The molecule has 2 nitrogen and oxygen atoms in total. The van der Waals surface area contributed by atoms with Crippen LogP contribution in [0.2, 0.25) is 0 Å². The lowest BCUT2D eigenvalue weighted by Gasteiger charge is -2.26. The monoisotopic (exact) mass is 848 g/mol. The van der Waals surface area contributed by atoms with Gasteiger partial charge in [0.1, 0.15) is 0 Å². The van der Waals surface area contributed by atoms with Crippen LogP contribution in [0.25, 0.3) is 142 Å². The van der Waals surface area contributed by atoms with Crippen molar-refractivity contribution < 1.29 is 0 Å². The zero-order valence-electron chi connectivity index (χ0n) is 37.0. The first-order valence-corrected chi connectivity index (χ1v) is 23.6. The molecule has 0 saturated carbocycles. The minimum atomic E-state index is -0.200. The fourth-order valence-corrected chi connectivity index (χ4v) is 13.4. The van der Waals surface area contributed by atoms with Gasteiger partial charge in [-0.15, -0.1) is 0 Å². The summed E-state index contributed by atoms with van der Waals surface area (Å²) in [5.74, 6) is 0. The second-order valence-corrected chi connectivity index (χ2v) is 19.5. The topological polar surface area (TPSA) is 8.82 Å². The maximum absolute atomic E-state index is 2.54. The first-order chi connectivity index (χ1) is 33.1. The Hall–Kier alpha value is -8.46. The molecule has 0 unspecified atom stereocenters. The third kappa shape index (κ3) is 4.33. The van der Waals surface area contributed by atoms with E-state index < -0.39 is 0 Å². The second kappa shape index (κ2) is 12.5. The van der Waals surface area contributed by atoms with Crippen LogP contribution in [-0.2, 0) is 5.41 Å². The molecular weight excluding hydrogens is 809 g/mol. The Morgan fingerprint density at radius 3 is 1.24 bits per heavy atom. The van der Waals surface area contributed by atoms with E-state index in [0.717, 1.165) is 0 Å². The summed E-state index contributed by atoms with van der Waals surface area (Å²) in [5.41, 5.74) is 20.5. The standard InChI is InChI=1S/C65H40N2/c1-65(2)54-27-8-3-16-39(54)46-25-15-26-51(62(46)65)59-42-23-13-21-37(44-32-34-47-40-17-4-9-28-55(40)66-57-30-11-6-19-49(57)60(44)63(47)66)52(42)36-53-38(22-14-24-43(53)59)45-33-35-48-41-18-5-10-29-56(41)67-58-31-12-7-20-50(58)61(45)64(48)67/h3-36H,1-2H3. The lowest BCUT2D eigenvalue weighted by atomic mass is 9.77. The van der Waals surface area contributed by atoms with Gasteiger partial charge in [-0.05, 0) is 108 Å². The molecule has 0 radical (unpaired) electrons. The minimum Gasteiger partial charge on any atom is -0.308 e. The maximum atomic E-state index is 2.54. The highest BCUT2D eigenvalue weighted by atomic mass is 14.9. The van der Waals surface area contributed by atoms with Crippen molar-refractivity contribution in [1.29, 1.82) is 0 Å². The number of benzene rings is 11. The van der Waals surface area contributed by atoms with Gasteiger partial charge < -0.3 is 8.80 Å². The molecule has 2 heteroatoms. The molecule has 15 aromatic rings. The van der Waals surface area contributed by atoms with Crippen LogP contribution in [0.5, 0.6) is 0 Å². The highest BCUT2D eigenvalue weighted by Gasteiger charge is 2.38. The predicted molar refractivity (Wildman–Crippen MR) is 285 cm³/mol. The van der Waals surface area contributed by atoms with E-state index in [9.17, 15) is 0 Å². The van der Waals surface area contributed by atoms with E-state index in [4.69, 9.17) is 0 Å². The normalized spacial score (nSPS) is 13.6. The summed E-state index contributed by atoms with van der Waals surface area (Å²) in [5, 5.41) is 15.4. The summed E-state index contributed by atoms with van der Waals surface area (Å²) in [6.45, 7) is 4.85. The molecule has 0 saturated heterocycles. The predicted octanol–water partition coefficient (Wildman–Crippen LogP) is 17.6. The summed E-state index contributed by atoms with van der Waals surface area (Å²) in [6, 6.07) is 78.1. The van der Waals surface area contributed by atoms with Crippen LogP contribution in [0.4, 0.5) is 0 Å². The SMILES string of the molecule is CC1(C)c2ccccc2-c2cccc(-c3c4cccc(-c5ccc6c7ccccc7n7c8ccccc8c5c67)c4cc4c(-c5ccc6c7ccccc7n7c8ccccc8c5c67)cccc34)c21. The van der Waals surface area contributed by atoms with Gasteiger partial charge in [0.25, 0.3) is 0 Å². The molecule has 0 spiro atoms. The molecule has 0 N–H and O–H groups in total. The molecule has 67 heavy (non-hydrogen) atoms. The minimum absolute atomic E-state index is 0.200. The van der Waals surface area contributed by atoms with E-state index in [1.807, 2.05) is 0 Å². The quantitative estimate of drug-likeness (QED) is 0.157. The van der Waals surface area contributed by atoms with E-state index in [-0.39, 0.29) is 5.41 Å². The fraction of sp³-hybridized carbons (Fsp3) is 0.0462. The second-order valence-electron chi connectivity index (χ2n) is 19.5. The van der Waals surface area contributed by atoms with Crippen LogP contribution < -0.4 is 0 Å². The van der Waals surface area contributed by atoms with Crippen molar-refractivity contribution in [3.63, 3.8) is 0 Å². The summed E-state index contributed by atoms with van der Waals surface area (Å²) in [4.78, 5) is 0. The van der Waals surface area contributed by atoms with Crippen LogP contribution in [0.15, 0.2) is 206 Å². The Morgan fingerprint density at radius 1 is 0.284 bits per heavy atom. The molecule has 1 aliphatic rings. The van der Waals surface area contributed by atoms with Gasteiger partial charge in [0.05, 0.1) is 33.1 Å². The summed E-state index contributed by atoms with van der Waals surface area (Å²) >= 11 is 0. The van der Waals surface area contributed by atoms with Crippen molar-refractivity contribution in [2.24, 2.45) is 0 Å². The Balaban J connectivity index is 1.08. The summed E-state index contributed by atoms with van der Waals surface area (Å²) < 4.78 is 5.01. The van der Waals surface area contributed by atoms with E-state index in [1.165, 1.54) is 153 Å². The number of para-hydroxylation sites is 4. The van der Waals surface area contributed by atoms with Crippen molar-refractivity contribution >= 4 is 97.7 Å². The molecule has 0 atom stereocenters. The molecule has 4 aromatic heterocycles. The maximum Gasteiger partial charge on any atom is 0.0626 e. The molecule has 1 aliphatic carbocycles. The Bertz CT molecular complexity index is 4410. The fourth-order valence-electron chi connectivity index (χ4n) is 13.4. The van der Waals surface area contributed by atoms with Gasteiger partial charge in [0, 0.05) is 48.5 Å². The average Bonchev–Trinajstić information content (AvgIpc) is 4.16. The molecule has 4 heterocycles. The zero-order chi connectivity index (χ0) is 43.9. The molecule has 16 rings (SSSR count). The van der Waals surface area contributed by atoms with Gasteiger partial charge in [0.15, 0.2) is 0 Å². The first-order valence-electron chi connectivity index (χ1n) is 23.6. The number of hydrogen-bond acceptors (Lipinski definition) is 0. The zero-order valence-corrected chi connectivity index (χ0v) is 37.0. The van der Waals surface area contributed by atoms with Crippen LogP contribution in [0.3, 0.4) is 0 Å². The van der Waals surface area contributed by atoms with Crippen molar-refractivity contribution in [2.75, 3.05) is 0 Å². The van der Waals surface area contributed by atoms with Gasteiger partial charge in [-0.3, -0.25) is 0 Å². The van der Waals surface area contributed by atoms with Gasteiger partial charge in [-0.2, -0.15) is 0 Å². The highest BCUT2D eigenvalue weighted by molar-refractivity contribution is 6.31. The van der Waals surface area contributed by atoms with E-state index >= 15 is 0 Å². The number of nitrogens with zero attached hydrogens (tertiary/aromatic N) is 2. The molecule has 0 fully saturated rings. The van der Waals surface area contributed by atoms with Crippen molar-refractivity contribution in [2.45, 2.75) is 19.3 Å². The lowest BCUT2D eigenvalue weighted by Crippen LogP contribution is -2.16. The third-order valence-electron chi connectivity index (χ3n) is 16.0. The van der Waals surface area contributed by atoms with E-state index in [0.29, 0.717) is 0 Å². The largest absolute Gasteiger partial charge is 0.308 e. The lowest BCUT2D eigenvalue weighted by molar-refractivity contribution is 0.662. The van der Waals surface area contributed by atoms with Crippen LogP contribution >= 0.6 is 0 Å². The van der Waals surface area contributed by atoms with Crippen molar-refractivity contribution in [3.8, 4) is 44.5 Å². The summed E-state index contributed by atoms with van der Waals surface area (Å²) in [6.07, 6.45) is 0. The third-order valence-corrected chi connectivity index (χ3v) is 16.0. The smallest absolute Gasteiger partial charge is 0.0626 e. The Morgan fingerprint density at radius 2 is 0.687 bits per heavy atom. The molecule has 0 bridgehead atoms. The van der Waals surface area contributed by atoms with Gasteiger partial charge in [-0.25, -0.2) is 0 Å². The molecular formula is C65H40N2. The highest BCUT2D eigenvalue weighted by Crippen LogP contribution is 2.55. The number of fused-ring (bicyclic) bond motifs is 17. The van der Waals surface area contributed by atoms with E-state index in [2.05, 4.69) is 229 Å². The van der Waals surface area contributed by atoms with Crippen LogP contribution in [0, 0.1) is 0 Å². The van der Waals surface area contributed by atoms with Gasteiger partial charge in [0.2, 0.25) is 0 Å². The van der Waals surface area contributed by atoms with Crippen LogP contribution in [-0.4, -0.2) is 8.80 Å². The number of aromatic nitrogens is 2. The van der Waals surface area contributed by atoms with Crippen molar-refractivity contribution in [1.82, 2.24) is 8.80 Å². The van der Waals surface area contributed by atoms with Gasteiger partial charge >= 0.3 is 0 Å². The molecule has 310 valence electrons. The molecule has 0 aliphatic heterocycles. The van der Waals surface area contributed by atoms with Crippen LogP contribution in [0.1, 0.15) is 25.0 Å². The first kappa shape index (κ1) is 35.8. The van der Waals surface area contributed by atoms with Crippen molar-refractivity contribution in [3.05, 3.63) is 217 Å². The Kier molecular flexibility index (Phi) is 6.66. The molecule has 0 amide bonds. The van der Waals surface area contributed by atoms with Gasteiger partial charge in [-0.1, -0.05) is 190 Å². The summed E-state index contributed by atoms with van der Waals surface area (Å²) in [7, 11) is 0. The number of hydrogen-bond donors (Lipinski definition) is 0. The Labute approximate surface area is 385 Å².